The molecule has 0 spiro atoms. The second-order valence-electron chi connectivity index (χ2n) is 3.41. The van der Waals surface area contributed by atoms with Crippen LogP contribution >= 0.6 is 0 Å². The minimum atomic E-state index is -0.691. The number of hydrogen-bond acceptors (Lipinski definition) is 3. The van der Waals surface area contributed by atoms with Gasteiger partial charge in [0.15, 0.2) is 0 Å². The van der Waals surface area contributed by atoms with Crippen LogP contribution in [-0.2, 0) is 9.59 Å². The van der Waals surface area contributed by atoms with Crippen LogP contribution < -0.4 is 16.4 Å². The van der Waals surface area contributed by atoms with E-state index in [1.165, 1.54) is 0 Å². The van der Waals surface area contributed by atoms with Crippen LogP contribution in [0.3, 0.4) is 0 Å². The standard InChI is InChI=1S/C11H19N3O2/c1-3-5-9(12)11(16)14-8-6-10(15)13-7-4-2/h1,9H,4-8,12H2,2H3,(H,13,15)(H,14,16). The van der Waals surface area contributed by atoms with Crippen molar-refractivity contribution in [3.05, 3.63) is 0 Å². The molecule has 0 aromatic carbocycles. The number of nitrogens with one attached hydrogen (secondary N) is 2. The molecule has 0 aliphatic carbocycles. The number of amides is 2. The van der Waals surface area contributed by atoms with Crippen LogP contribution in [0, 0.1) is 12.3 Å². The van der Waals surface area contributed by atoms with Crippen LogP contribution in [0.1, 0.15) is 26.2 Å². The Bertz CT molecular complexity index is 271. The Labute approximate surface area is 96.2 Å². The van der Waals surface area contributed by atoms with Gasteiger partial charge in [-0.05, 0) is 6.42 Å². The smallest absolute Gasteiger partial charge is 0.237 e. The van der Waals surface area contributed by atoms with Crippen molar-refractivity contribution in [1.29, 1.82) is 0 Å². The van der Waals surface area contributed by atoms with Crippen molar-refractivity contribution in [2.24, 2.45) is 5.73 Å². The summed E-state index contributed by atoms with van der Waals surface area (Å²) in [5.41, 5.74) is 5.47. The largest absolute Gasteiger partial charge is 0.356 e. The van der Waals surface area contributed by atoms with E-state index in [1.807, 2.05) is 6.92 Å². The highest BCUT2D eigenvalue weighted by molar-refractivity contribution is 5.82. The summed E-state index contributed by atoms with van der Waals surface area (Å²) in [5, 5.41) is 5.26. The van der Waals surface area contributed by atoms with Gasteiger partial charge in [-0.3, -0.25) is 9.59 Å². The predicted molar refractivity (Wildman–Crippen MR) is 62.4 cm³/mol. The van der Waals surface area contributed by atoms with Crippen LogP contribution in [0.15, 0.2) is 0 Å². The zero-order valence-corrected chi connectivity index (χ0v) is 9.58. The third-order valence-electron chi connectivity index (χ3n) is 1.90. The Morgan fingerprint density at radius 1 is 1.38 bits per heavy atom. The molecule has 0 saturated carbocycles. The molecule has 0 aromatic rings. The molecular weight excluding hydrogens is 206 g/mol. The first kappa shape index (κ1) is 14.5. The molecule has 2 amide bonds. The molecule has 1 atom stereocenters. The second-order valence-corrected chi connectivity index (χ2v) is 3.41. The maximum Gasteiger partial charge on any atom is 0.237 e. The summed E-state index contributed by atoms with van der Waals surface area (Å²) in [7, 11) is 0. The predicted octanol–water partition coefficient (Wildman–Crippen LogP) is -0.631. The molecular formula is C11H19N3O2. The van der Waals surface area contributed by atoms with E-state index in [2.05, 4.69) is 16.6 Å². The van der Waals surface area contributed by atoms with Crippen molar-refractivity contribution in [3.63, 3.8) is 0 Å². The Morgan fingerprint density at radius 2 is 2.06 bits per heavy atom. The van der Waals surface area contributed by atoms with Crippen LogP contribution in [0.5, 0.6) is 0 Å². The van der Waals surface area contributed by atoms with Gasteiger partial charge < -0.3 is 16.4 Å². The van der Waals surface area contributed by atoms with Crippen molar-refractivity contribution in [3.8, 4) is 12.3 Å². The summed E-state index contributed by atoms with van der Waals surface area (Å²) >= 11 is 0. The van der Waals surface area contributed by atoms with E-state index in [0.29, 0.717) is 6.54 Å². The quantitative estimate of drug-likeness (QED) is 0.504. The highest BCUT2D eigenvalue weighted by Gasteiger charge is 2.11. The van der Waals surface area contributed by atoms with Crippen LogP contribution in [0.4, 0.5) is 0 Å². The first-order chi connectivity index (χ1) is 7.61. The average molecular weight is 225 g/mol. The van der Waals surface area contributed by atoms with E-state index in [1.54, 1.807) is 0 Å². The highest BCUT2D eigenvalue weighted by Crippen LogP contribution is 1.86. The van der Waals surface area contributed by atoms with Gasteiger partial charge in [0.05, 0.1) is 6.04 Å². The van der Waals surface area contributed by atoms with Gasteiger partial charge in [-0.25, -0.2) is 0 Å². The summed E-state index contributed by atoms with van der Waals surface area (Å²) in [4.78, 5) is 22.4. The first-order valence-electron chi connectivity index (χ1n) is 5.35. The van der Waals surface area contributed by atoms with Crippen molar-refractivity contribution < 1.29 is 9.59 Å². The van der Waals surface area contributed by atoms with Crippen LogP contribution in [-0.4, -0.2) is 30.9 Å². The summed E-state index contributed by atoms with van der Waals surface area (Å²) in [6.45, 7) is 2.91. The van der Waals surface area contributed by atoms with E-state index in [-0.39, 0.29) is 31.2 Å². The van der Waals surface area contributed by atoms with E-state index in [9.17, 15) is 9.59 Å². The van der Waals surface area contributed by atoms with E-state index in [4.69, 9.17) is 12.2 Å². The molecule has 0 bridgehead atoms. The van der Waals surface area contributed by atoms with Gasteiger partial charge in [-0.1, -0.05) is 6.92 Å². The average Bonchev–Trinajstić information content (AvgIpc) is 2.26. The highest BCUT2D eigenvalue weighted by atomic mass is 16.2. The number of carbonyl (C=O) groups is 2. The third-order valence-corrected chi connectivity index (χ3v) is 1.90. The van der Waals surface area contributed by atoms with Crippen LogP contribution in [0.2, 0.25) is 0 Å². The van der Waals surface area contributed by atoms with Crippen molar-refractivity contribution >= 4 is 11.8 Å². The van der Waals surface area contributed by atoms with E-state index < -0.39 is 6.04 Å². The SMILES string of the molecule is C#CCC(N)C(=O)NCCC(=O)NCCC. The normalized spacial score (nSPS) is 11.3. The summed E-state index contributed by atoms with van der Waals surface area (Å²) in [6.07, 6.45) is 6.38. The maximum absolute atomic E-state index is 11.3. The topological polar surface area (TPSA) is 84.2 Å². The summed E-state index contributed by atoms with van der Waals surface area (Å²) < 4.78 is 0. The lowest BCUT2D eigenvalue weighted by atomic mass is 10.2. The van der Waals surface area contributed by atoms with Gasteiger partial charge in [-0.2, -0.15) is 0 Å². The molecule has 0 heterocycles. The fraction of sp³-hybridized carbons (Fsp3) is 0.636. The number of carbonyl (C=O) groups excluding carboxylic acids is 2. The molecule has 0 saturated heterocycles. The van der Waals surface area contributed by atoms with Gasteiger partial charge in [0.25, 0.3) is 0 Å². The number of rotatable bonds is 7. The third kappa shape index (κ3) is 6.85. The van der Waals surface area contributed by atoms with Crippen LogP contribution in [0.25, 0.3) is 0 Å². The fourth-order valence-corrected chi connectivity index (χ4v) is 1.00. The maximum atomic E-state index is 11.3. The summed E-state index contributed by atoms with van der Waals surface area (Å²) in [5.74, 6) is 1.92. The molecule has 0 rings (SSSR count). The van der Waals surface area contributed by atoms with Crippen molar-refractivity contribution in [1.82, 2.24) is 10.6 Å². The minimum Gasteiger partial charge on any atom is -0.356 e. The lowest BCUT2D eigenvalue weighted by molar-refractivity contribution is -0.123. The Balaban J connectivity index is 3.62. The van der Waals surface area contributed by atoms with Gasteiger partial charge in [0.1, 0.15) is 0 Å². The van der Waals surface area contributed by atoms with Gasteiger partial charge in [0.2, 0.25) is 11.8 Å². The van der Waals surface area contributed by atoms with Crippen molar-refractivity contribution in [2.45, 2.75) is 32.2 Å². The minimum absolute atomic E-state index is 0.0762. The summed E-state index contributed by atoms with van der Waals surface area (Å²) in [6, 6.07) is -0.691. The molecule has 0 aliphatic heterocycles. The first-order valence-corrected chi connectivity index (χ1v) is 5.35. The molecule has 0 radical (unpaired) electrons. The zero-order chi connectivity index (χ0) is 12.4. The molecule has 5 nitrogen and oxygen atoms in total. The molecule has 1 unspecified atom stereocenters. The van der Waals surface area contributed by atoms with Gasteiger partial charge in [-0.15, -0.1) is 12.3 Å². The number of hydrogen-bond donors (Lipinski definition) is 3. The van der Waals surface area contributed by atoms with Gasteiger partial charge >= 0.3 is 0 Å². The molecule has 90 valence electrons. The molecule has 5 heteroatoms. The lowest BCUT2D eigenvalue weighted by Gasteiger charge is -2.09. The number of terminal acetylenes is 1. The molecule has 0 aliphatic rings. The molecule has 0 aromatic heterocycles. The molecule has 0 fully saturated rings. The van der Waals surface area contributed by atoms with Crippen molar-refractivity contribution in [2.75, 3.05) is 13.1 Å². The Hall–Kier alpha value is -1.54. The lowest BCUT2D eigenvalue weighted by Crippen LogP contribution is -2.41. The Kier molecular flexibility index (Phi) is 7.90. The number of nitrogens with two attached hydrogens (primary N) is 1. The second kappa shape index (κ2) is 8.74. The molecule has 4 N–H and O–H groups in total. The Morgan fingerprint density at radius 3 is 2.62 bits per heavy atom. The van der Waals surface area contributed by atoms with E-state index >= 15 is 0 Å². The molecule has 16 heavy (non-hydrogen) atoms. The van der Waals surface area contributed by atoms with E-state index in [0.717, 1.165) is 6.42 Å². The fourth-order valence-electron chi connectivity index (χ4n) is 1.00. The monoisotopic (exact) mass is 225 g/mol. The zero-order valence-electron chi connectivity index (χ0n) is 9.58. The van der Waals surface area contributed by atoms with Gasteiger partial charge in [0, 0.05) is 25.9 Å².